The van der Waals surface area contributed by atoms with Crippen LogP contribution in [0.4, 0.5) is 11.4 Å². The molecule has 200 valence electrons. The number of carboxylic acid groups (broad SMARTS) is 1. The standard InChI is InChI=1S/C33H34N2O3S/c1-2-28(33(36)37)34(23-25-12-4-3-5-13-25)24-26-14-10-15-27(22-26)38-21-11-20-35-29-16-6-8-18-31(29)39-32-19-9-7-17-30(32)35/h3-10,12-19,22,28H,2,11,20-21,23-24H2,1H3,(H,36,37). The van der Waals surface area contributed by atoms with Gasteiger partial charge in [-0.15, -0.1) is 0 Å². The van der Waals surface area contributed by atoms with Gasteiger partial charge in [0.1, 0.15) is 11.8 Å². The zero-order chi connectivity index (χ0) is 27.0. The number of benzene rings is 4. The molecule has 1 atom stereocenters. The number of rotatable bonds is 12. The average molecular weight is 539 g/mol. The summed E-state index contributed by atoms with van der Waals surface area (Å²) in [5.74, 6) is 0.0191. The van der Waals surface area contributed by atoms with E-state index in [1.807, 2.05) is 78.2 Å². The summed E-state index contributed by atoms with van der Waals surface area (Å²) >= 11 is 1.82. The topological polar surface area (TPSA) is 53.0 Å². The van der Waals surface area contributed by atoms with Crippen molar-refractivity contribution in [2.24, 2.45) is 0 Å². The molecule has 1 heterocycles. The first kappa shape index (κ1) is 26.9. The van der Waals surface area contributed by atoms with Crippen LogP contribution in [0.2, 0.25) is 0 Å². The Hall–Kier alpha value is -3.74. The van der Waals surface area contributed by atoms with Gasteiger partial charge >= 0.3 is 5.97 Å². The number of fused-ring (bicyclic) bond motifs is 2. The van der Waals surface area contributed by atoms with Gasteiger partial charge in [-0.05, 0) is 60.4 Å². The number of anilines is 2. The van der Waals surface area contributed by atoms with Crippen molar-refractivity contribution in [3.63, 3.8) is 0 Å². The van der Waals surface area contributed by atoms with Crippen LogP contribution < -0.4 is 9.64 Å². The molecule has 1 unspecified atom stereocenters. The Balaban J connectivity index is 1.22. The minimum Gasteiger partial charge on any atom is -0.494 e. The highest BCUT2D eigenvalue weighted by Gasteiger charge is 2.25. The highest BCUT2D eigenvalue weighted by molar-refractivity contribution is 7.99. The minimum atomic E-state index is -0.792. The maximum Gasteiger partial charge on any atom is 0.320 e. The van der Waals surface area contributed by atoms with E-state index in [9.17, 15) is 9.90 Å². The second-order valence-corrected chi connectivity index (χ2v) is 10.8. The van der Waals surface area contributed by atoms with E-state index >= 15 is 0 Å². The fraction of sp³-hybridized carbons (Fsp3) is 0.242. The first-order valence-corrected chi connectivity index (χ1v) is 14.3. The van der Waals surface area contributed by atoms with E-state index in [1.165, 1.54) is 21.2 Å². The van der Waals surface area contributed by atoms with Gasteiger partial charge in [0.25, 0.3) is 0 Å². The van der Waals surface area contributed by atoms with Crippen molar-refractivity contribution >= 4 is 29.1 Å². The van der Waals surface area contributed by atoms with Crippen LogP contribution in [0, 0.1) is 0 Å². The van der Waals surface area contributed by atoms with Crippen molar-refractivity contribution in [1.29, 1.82) is 0 Å². The summed E-state index contributed by atoms with van der Waals surface area (Å²) in [6.07, 6.45) is 1.41. The third-order valence-corrected chi connectivity index (χ3v) is 8.08. The predicted molar refractivity (Wildman–Crippen MR) is 158 cm³/mol. The van der Waals surface area contributed by atoms with Gasteiger partial charge in [0, 0.05) is 29.4 Å². The molecule has 5 rings (SSSR count). The maximum absolute atomic E-state index is 12.0. The molecule has 1 aliphatic heterocycles. The lowest BCUT2D eigenvalue weighted by Gasteiger charge is -2.32. The molecule has 0 spiro atoms. The lowest BCUT2D eigenvalue weighted by Crippen LogP contribution is -2.39. The highest BCUT2D eigenvalue weighted by Crippen LogP contribution is 2.47. The molecule has 5 nitrogen and oxygen atoms in total. The molecular formula is C33H34N2O3S. The summed E-state index contributed by atoms with van der Waals surface area (Å²) in [5.41, 5.74) is 4.62. The number of para-hydroxylation sites is 2. The van der Waals surface area contributed by atoms with Crippen molar-refractivity contribution in [3.8, 4) is 5.75 Å². The molecule has 0 saturated carbocycles. The number of nitrogens with zero attached hydrogens (tertiary/aromatic N) is 2. The maximum atomic E-state index is 12.0. The number of carboxylic acids is 1. The summed E-state index contributed by atoms with van der Waals surface area (Å²) in [6.45, 7) is 4.49. The first-order chi connectivity index (χ1) is 19.1. The quantitative estimate of drug-likeness (QED) is 0.187. The molecule has 0 aliphatic carbocycles. The number of ether oxygens (including phenoxy) is 1. The Morgan fingerprint density at radius 3 is 2.13 bits per heavy atom. The summed E-state index contributed by atoms with van der Waals surface area (Å²) in [4.78, 5) is 19.0. The molecule has 39 heavy (non-hydrogen) atoms. The van der Waals surface area contributed by atoms with Crippen molar-refractivity contribution in [1.82, 2.24) is 4.90 Å². The second-order valence-electron chi connectivity index (χ2n) is 9.69. The summed E-state index contributed by atoms with van der Waals surface area (Å²) < 4.78 is 6.18. The van der Waals surface area contributed by atoms with E-state index in [0.717, 1.165) is 29.8 Å². The lowest BCUT2D eigenvalue weighted by atomic mass is 10.1. The van der Waals surface area contributed by atoms with E-state index in [4.69, 9.17) is 4.74 Å². The van der Waals surface area contributed by atoms with Gasteiger partial charge in [0.2, 0.25) is 0 Å². The fourth-order valence-corrected chi connectivity index (χ4v) is 6.18. The molecule has 4 aromatic rings. The summed E-state index contributed by atoms with van der Waals surface area (Å²) in [5, 5.41) is 9.86. The summed E-state index contributed by atoms with van der Waals surface area (Å²) in [7, 11) is 0. The molecule has 0 saturated heterocycles. The van der Waals surface area contributed by atoms with Crippen LogP contribution in [0.5, 0.6) is 5.75 Å². The van der Waals surface area contributed by atoms with E-state index in [2.05, 4.69) is 53.4 Å². The third-order valence-electron chi connectivity index (χ3n) is 6.95. The highest BCUT2D eigenvalue weighted by atomic mass is 32.2. The van der Waals surface area contributed by atoms with E-state index in [1.54, 1.807) is 0 Å². The Morgan fingerprint density at radius 2 is 1.46 bits per heavy atom. The second kappa shape index (κ2) is 12.9. The number of hydrogen-bond acceptors (Lipinski definition) is 5. The molecule has 1 N–H and O–H groups in total. The van der Waals surface area contributed by atoms with Gasteiger partial charge in [-0.25, -0.2) is 0 Å². The average Bonchev–Trinajstić information content (AvgIpc) is 2.95. The van der Waals surface area contributed by atoms with Crippen molar-refractivity contribution < 1.29 is 14.6 Å². The normalized spacial score (nSPS) is 13.0. The molecule has 0 amide bonds. The van der Waals surface area contributed by atoms with Gasteiger partial charge in [-0.1, -0.05) is 85.4 Å². The summed E-state index contributed by atoms with van der Waals surface area (Å²) in [6, 6.07) is 34.6. The fourth-order valence-electron chi connectivity index (χ4n) is 5.09. The third kappa shape index (κ3) is 6.64. The zero-order valence-electron chi connectivity index (χ0n) is 22.2. The van der Waals surface area contributed by atoms with Gasteiger partial charge < -0.3 is 14.7 Å². The zero-order valence-corrected chi connectivity index (χ0v) is 23.0. The Kier molecular flexibility index (Phi) is 8.86. The molecule has 4 aromatic carbocycles. The largest absolute Gasteiger partial charge is 0.494 e. The minimum absolute atomic E-state index is 0.538. The van der Waals surface area contributed by atoms with Gasteiger partial charge in [0.05, 0.1) is 18.0 Å². The SMILES string of the molecule is CCC(C(=O)O)N(Cc1ccccc1)Cc1cccc(OCCCN2c3ccccc3Sc3ccccc32)c1. The Labute approximate surface area is 235 Å². The van der Waals surface area contributed by atoms with E-state index < -0.39 is 12.0 Å². The molecule has 0 aromatic heterocycles. The Bertz CT molecular complexity index is 1350. The molecule has 6 heteroatoms. The number of hydrogen-bond donors (Lipinski definition) is 1. The van der Waals surface area contributed by atoms with Crippen LogP contribution in [0.25, 0.3) is 0 Å². The van der Waals surface area contributed by atoms with Gasteiger partial charge in [-0.3, -0.25) is 9.69 Å². The van der Waals surface area contributed by atoms with Gasteiger partial charge in [0.15, 0.2) is 0 Å². The lowest BCUT2D eigenvalue weighted by molar-refractivity contribution is -0.144. The first-order valence-electron chi connectivity index (χ1n) is 13.5. The van der Waals surface area contributed by atoms with Crippen LogP contribution in [-0.2, 0) is 17.9 Å². The van der Waals surface area contributed by atoms with Crippen LogP contribution in [0.3, 0.4) is 0 Å². The van der Waals surface area contributed by atoms with Crippen molar-refractivity contribution in [3.05, 3.63) is 114 Å². The van der Waals surface area contributed by atoms with Crippen LogP contribution in [0.15, 0.2) is 113 Å². The van der Waals surface area contributed by atoms with Crippen LogP contribution in [0.1, 0.15) is 30.9 Å². The van der Waals surface area contributed by atoms with Crippen molar-refractivity contribution in [2.45, 2.75) is 48.7 Å². The van der Waals surface area contributed by atoms with Gasteiger partial charge in [-0.2, -0.15) is 0 Å². The van der Waals surface area contributed by atoms with Crippen LogP contribution >= 0.6 is 11.8 Å². The van der Waals surface area contributed by atoms with E-state index in [0.29, 0.717) is 26.1 Å². The molecule has 0 radical (unpaired) electrons. The number of carbonyl (C=O) groups is 1. The molecule has 0 fully saturated rings. The smallest absolute Gasteiger partial charge is 0.320 e. The number of aliphatic carboxylic acids is 1. The molecular weight excluding hydrogens is 504 g/mol. The Morgan fingerprint density at radius 1 is 0.846 bits per heavy atom. The molecule has 1 aliphatic rings. The van der Waals surface area contributed by atoms with Crippen molar-refractivity contribution in [2.75, 3.05) is 18.1 Å². The predicted octanol–water partition coefficient (Wildman–Crippen LogP) is 7.62. The monoisotopic (exact) mass is 538 g/mol. The van der Waals surface area contributed by atoms with Crippen LogP contribution in [-0.4, -0.2) is 35.2 Å². The molecule has 0 bridgehead atoms. The van der Waals surface area contributed by atoms with E-state index in [-0.39, 0.29) is 0 Å².